The molecule has 176 valence electrons. The lowest BCUT2D eigenvalue weighted by atomic mass is 9.95. The normalized spacial score (nSPS) is 16.8. The number of allylic oxidation sites excluding steroid dienone is 1. The van der Waals surface area contributed by atoms with Gasteiger partial charge in [0, 0.05) is 16.4 Å². The number of fused-ring (bicyclic) bond motifs is 1. The molecule has 0 unspecified atom stereocenters. The Bertz CT molecular complexity index is 1210. The number of hydrogen-bond acceptors (Lipinski definition) is 7. The fraction of sp³-hybridized carbons (Fsp3) is 0.240. The Labute approximate surface area is 211 Å². The average Bonchev–Trinajstić information content (AvgIpc) is 3.28. The van der Waals surface area contributed by atoms with Gasteiger partial charge in [-0.3, -0.25) is 4.79 Å². The molecule has 4 rings (SSSR count). The van der Waals surface area contributed by atoms with Crippen LogP contribution >= 0.6 is 27.7 Å². The van der Waals surface area contributed by atoms with Gasteiger partial charge in [-0.1, -0.05) is 39.8 Å². The molecule has 2 aliphatic heterocycles. The maximum atomic E-state index is 12.7. The molecule has 2 aromatic rings. The largest absolute Gasteiger partial charge is 0.484 e. The van der Waals surface area contributed by atoms with Crippen LogP contribution in [0.25, 0.3) is 0 Å². The molecule has 0 spiro atoms. The summed E-state index contributed by atoms with van der Waals surface area (Å²) in [6.45, 7) is 5.74. The van der Waals surface area contributed by atoms with Gasteiger partial charge in [0.15, 0.2) is 11.8 Å². The molecule has 0 aliphatic carbocycles. The third-order valence-electron chi connectivity index (χ3n) is 5.32. The van der Waals surface area contributed by atoms with Crippen molar-refractivity contribution >= 4 is 50.4 Å². The van der Waals surface area contributed by atoms with Gasteiger partial charge in [-0.25, -0.2) is 9.79 Å². The zero-order chi connectivity index (χ0) is 24.2. The molecule has 1 amide bonds. The summed E-state index contributed by atoms with van der Waals surface area (Å²) in [5, 5.41) is 5.59. The average molecular weight is 542 g/mol. The van der Waals surface area contributed by atoms with Gasteiger partial charge in [0.05, 0.1) is 23.9 Å². The summed E-state index contributed by atoms with van der Waals surface area (Å²) in [6.07, 6.45) is 1.92. The van der Waals surface area contributed by atoms with Crippen molar-refractivity contribution in [1.82, 2.24) is 4.90 Å². The smallest absolute Gasteiger partial charge is 0.338 e. The number of ether oxygens (including phenoxy) is 2. The molecule has 0 radical (unpaired) electrons. The Hall–Kier alpha value is -3.04. The number of amides is 1. The van der Waals surface area contributed by atoms with Crippen LogP contribution in [0, 0.1) is 6.92 Å². The van der Waals surface area contributed by atoms with Crippen molar-refractivity contribution in [2.75, 3.05) is 18.5 Å². The minimum atomic E-state index is -0.377. The number of benzene rings is 2. The second-order valence-corrected chi connectivity index (χ2v) is 9.42. The standard InChI is InChI=1S/C25H24BrN3O4S/c1-4-32-24(31)22-16(3)27-25-29(11-12-34-25)23(22)17-5-8-19(9-6-17)33-14-21(30)28-18-7-10-20(26)15(2)13-18/h5-13,23H,4,14H2,1-3H3,(H,28,30)/t23-/m1/s1. The number of esters is 1. The minimum Gasteiger partial charge on any atom is -0.484 e. The molecule has 2 aliphatic rings. The molecule has 0 aromatic heterocycles. The number of halogens is 1. The van der Waals surface area contributed by atoms with Crippen LogP contribution in [0.3, 0.4) is 0 Å². The van der Waals surface area contributed by atoms with Crippen LogP contribution in [0.15, 0.2) is 74.8 Å². The summed E-state index contributed by atoms with van der Waals surface area (Å²) in [4.78, 5) is 31.6. The zero-order valence-corrected chi connectivity index (χ0v) is 21.4. The van der Waals surface area contributed by atoms with Crippen LogP contribution in [-0.2, 0) is 14.3 Å². The Morgan fingerprint density at radius 3 is 2.65 bits per heavy atom. The highest BCUT2D eigenvalue weighted by Gasteiger charge is 2.37. The summed E-state index contributed by atoms with van der Waals surface area (Å²) in [7, 11) is 0. The molecule has 2 heterocycles. The molecular formula is C25H24BrN3O4S. The van der Waals surface area contributed by atoms with Crippen molar-refractivity contribution < 1.29 is 19.1 Å². The van der Waals surface area contributed by atoms with E-state index in [9.17, 15) is 9.59 Å². The molecular weight excluding hydrogens is 518 g/mol. The lowest BCUT2D eigenvalue weighted by Gasteiger charge is -2.33. The number of carbonyl (C=O) groups is 2. The van der Waals surface area contributed by atoms with Crippen LogP contribution < -0.4 is 10.1 Å². The first-order valence-corrected chi connectivity index (χ1v) is 12.4. The minimum absolute atomic E-state index is 0.118. The number of amidine groups is 1. The van der Waals surface area contributed by atoms with Gasteiger partial charge >= 0.3 is 5.97 Å². The number of nitrogens with one attached hydrogen (secondary N) is 1. The molecule has 0 bridgehead atoms. The number of aliphatic imine (C=N–C) groups is 1. The van der Waals surface area contributed by atoms with E-state index in [1.165, 1.54) is 11.8 Å². The molecule has 1 N–H and O–H groups in total. The van der Waals surface area contributed by atoms with Crippen molar-refractivity contribution in [3.8, 4) is 5.75 Å². The number of thioether (sulfide) groups is 1. The number of anilines is 1. The van der Waals surface area contributed by atoms with Gasteiger partial charge in [0.2, 0.25) is 0 Å². The van der Waals surface area contributed by atoms with E-state index in [1.807, 2.05) is 60.7 Å². The van der Waals surface area contributed by atoms with Gasteiger partial charge in [-0.15, -0.1) is 0 Å². The number of rotatable bonds is 7. The first-order chi connectivity index (χ1) is 16.4. The van der Waals surface area contributed by atoms with E-state index in [-0.39, 0.29) is 31.1 Å². The number of hydrogen-bond donors (Lipinski definition) is 1. The molecule has 9 heteroatoms. The highest BCUT2D eigenvalue weighted by molar-refractivity contribution is 9.10. The molecule has 34 heavy (non-hydrogen) atoms. The third kappa shape index (κ3) is 5.20. The molecule has 0 saturated heterocycles. The number of nitrogens with zero attached hydrogens (tertiary/aromatic N) is 2. The van der Waals surface area contributed by atoms with Crippen LogP contribution in [0.1, 0.15) is 31.0 Å². The first-order valence-electron chi connectivity index (χ1n) is 10.7. The van der Waals surface area contributed by atoms with Crippen molar-refractivity contribution in [2.45, 2.75) is 26.8 Å². The van der Waals surface area contributed by atoms with Gasteiger partial charge in [-0.05, 0) is 67.6 Å². The van der Waals surface area contributed by atoms with Crippen LogP contribution in [0.4, 0.5) is 5.69 Å². The molecule has 1 atom stereocenters. The maximum absolute atomic E-state index is 12.7. The lowest BCUT2D eigenvalue weighted by Crippen LogP contribution is -2.34. The predicted molar refractivity (Wildman–Crippen MR) is 138 cm³/mol. The van der Waals surface area contributed by atoms with Crippen molar-refractivity contribution in [3.05, 3.63) is 80.9 Å². The van der Waals surface area contributed by atoms with Crippen LogP contribution in [0.2, 0.25) is 0 Å². The Balaban J connectivity index is 1.46. The van der Waals surface area contributed by atoms with Crippen molar-refractivity contribution in [3.63, 3.8) is 0 Å². The summed E-state index contributed by atoms with van der Waals surface area (Å²) in [5.41, 5.74) is 3.79. The molecule has 2 aromatic carbocycles. The third-order valence-corrected chi connectivity index (χ3v) is 6.98. The zero-order valence-electron chi connectivity index (χ0n) is 19.0. The summed E-state index contributed by atoms with van der Waals surface area (Å²) in [5.74, 6) is -0.0695. The van der Waals surface area contributed by atoms with Crippen molar-refractivity contribution in [2.24, 2.45) is 4.99 Å². The Morgan fingerprint density at radius 2 is 1.94 bits per heavy atom. The van der Waals surface area contributed by atoms with E-state index in [0.29, 0.717) is 22.7 Å². The van der Waals surface area contributed by atoms with E-state index >= 15 is 0 Å². The predicted octanol–water partition coefficient (Wildman–Crippen LogP) is 5.54. The SMILES string of the molecule is CCOC(=O)C1=C(C)N=C2SC=CN2[C@@H]1c1ccc(OCC(=O)Nc2ccc(Br)c(C)c2)cc1. The van der Waals surface area contributed by atoms with Gasteiger partial charge in [0.25, 0.3) is 5.91 Å². The number of carbonyl (C=O) groups excluding carboxylic acids is 2. The second kappa shape index (κ2) is 10.5. The fourth-order valence-electron chi connectivity index (χ4n) is 3.71. The van der Waals surface area contributed by atoms with E-state index in [1.54, 1.807) is 19.1 Å². The summed E-state index contributed by atoms with van der Waals surface area (Å²) in [6, 6.07) is 12.6. The van der Waals surface area contributed by atoms with Crippen molar-refractivity contribution in [1.29, 1.82) is 0 Å². The second-order valence-electron chi connectivity index (χ2n) is 7.70. The van der Waals surface area contributed by atoms with Crippen LogP contribution in [-0.4, -0.2) is 35.2 Å². The summed E-state index contributed by atoms with van der Waals surface area (Å²) < 4.78 is 12.0. The fourth-order valence-corrected chi connectivity index (χ4v) is 4.75. The van der Waals surface area contributed by atoms with Crippen LogP contribution in [0.5, 0.6) is 5.75 Å². The number of aryl methyl sites for hydroxylation is 1. The Morgan fingerprint density at radius 1 is 1.18 bits per heavy atom. The topological polar surface area (TPSA) is 80.2 Å². The van der Waals surface area contributed by atoms with E-state index in [0.717, 1.165) is 20.8 Å². The molecule has 0 saturated carbocycles. The quantitative estimate of drug-likeness (QED) is 0.463. The van der Waals surface area contributed by atoms with Gasteiger partial charge in [0.1, 0.15) is 5.75 Å². The summed E-state index contributed by atoms with van der Waals surface area (Å²) >= 11 is 4.96. The van der Waals surface area contributed by atoms with E-state index in [2.05, 4.69) is 26.2 Å². The molecule has 0 fully saturated rings. The highest BCUT2D eigenvalue weighted by Crippen LogP contribution is 2.41. The Kier molecular flexibility index (Phi) is 7.43. The van der Waals surface area contributed by atoms with E-state index < -0.39 is 0 Å². The van der Waals surface area contributed by atoms with Gasteiger partial charge in [-0.2, -0.15) is 0 Å². The lowest BCUT2D eigenvalue weighted by molar-refractivity contribution is -0.139. The van der Waals surface area contributed by atoms with Gasteiger partial charge < -0.3 is 19.7 Å². The van der Waals surface area contributed by atoms with E-state index in [4.69, 9.17) is 9.47 Å². The first kappa shape index (κ1) is 24.1. The monoisotopic (exact) mass is 541 g/mol. The maximum Gasteiger partial charge on any atom is 0.338 e. The highest BCUT2D eigenvalue weighted by atomic mass is 79.9. The molecule has 7 nitrogen and oxygen atoms in total.